The number of esters is 1. The van der Waals surface area contributed by atoms with Crippen LogP contribution < -0.4 is 0 Å². The van der Waals surface area contributed by atoms with Gasteiger partial charge in [-0.3, -0.25) is 4.68 Å². The number of ether oxygens (including phenoxy) is 1. The maximum atomic E-state index is 11.7. The van der Waals surface area contributed by atoms with E-state index in [-0.39, 0.29) is 5.97 Å². The van der Waals surface area contributed by atoms with Crippen molar-refractivity contribution in [2.75, 3.05) is 6.61 Å². The number of halogens is 1. The molecule has 0 unspecified atom stereocenters. The van der Waals surface area contributed by atoms with Gasteiger partial charge in [0.2, 0.25) is 0 Å². The second-order valence-electron chi connectivity index (χ2n) is 5.29. The van der Waals surface area contributed by atoms with Crippen LogP contribution >= 0.6 is 22.9 Å². The Hall–Kier alpha value is -2.18. The zero-order chi connectivity index (χ0) is 17.1. The first kappa shape index (κ1) is 16.7. The number of carbonyl (C=O) groups excluding carboxylic acids is 1. The predicted molar refractivity (Wildman–Crippen MR) is 94.6 cm³/mol. The molecular formula is C17H16ClN3O2S. The highest BCUT2D eigenvalue weighted by atomic mass is 35.5. The molecule has 3 aromatic rings. The van der Waals surface area contributed by atoms with Crippen molar-refractivity contribution in [1.29, 1.82) is 0 Å². The van der Waals surface area contributed by atoms with Crippen LogP contribution in [0.25, 0.3) is 11.3 Å². The smallest absolute Gasteiger partial charge is 0.341 e. The first-order valence-electron chi connectivity index (χ1n) is 7.46. The monoisotopic (exact) mass is 361 g/mol. The van der Waals surface area contributed by atoms with E-state index in [9.17, 15) is 4.79 Å². The summed E-state index contributed by atoms with van der Waals surface area (Å²) in [5, 5.41) is 7.79. The molecule has 7 heteroatoms. The molecule has 0 saturated carbocycles. The Bertz CT molecular complexity index is 852. The van der Waals surface area contributed by atoms with Crippen LogP contribution in [0.3, 0.4) is 0 Å². The molecule has 0 aliphatic carbocycles. The molecule has 24 heavy (non-hydrogen) atoms. The minimum atomic E-state index is -0.363. The topological polar surface area (TPSA) is 57.0 Å². The molecule has 3 rings (SSSR count). The largest absolute Gasteiger partial charge is 0.462 e. The van der Waals surface area contributed by atoms with Gasteiger partial charge >= 0.3 is 5.97 Å². The van der Waals surface area contributed by atoms with Gasteiger partial charge in [0.15, 0.2) is 0 Å². The molecule has 0 spiro atoms. The van der Waals surface area contributed by atoms with Gasteiger partial charge in [-0.2, -0.15) is 5.10 Å². The molecule has 124 valence electrons. The Morgan fingerprint density at radius 1 is 1.38 bits per heavy atom. The summed E-state index contributed by atoms with van der Waals surface area (Å²) >= 11 is 7.66. The average Bonchev–Trinajstić information content (AvgIpc) is 3.16. The number of carbonyl (C=O) groups is 1. The van der Waals surface area contributed by atoms with Crippen molar-refractivity contribution < 1.29 is 9.53 Å². The molecule has 0 radical (unpaired) electrons. The van der Waals surface area contributed by atoms with Crippen LogP contribution in [0.1, 0.15) is 27.9 Å². The molecule has 0 fully saturated rings. The summed E-state index contributed by atoms with van der Waals surface area (Å²) in [7, 11) is 0. The van der Waals surface area contributed by atoms with Crippen LogP contribution in [-0.2, 0) is 11.3 Å². The number of thiazole rings is 1. The Morgan fingerprint density at radius 2 is 2.21 bits per heavy atom. The lowest BCUT2D eigenvalue weighted by atomic mass is 10.1. The minimum absolute atomic E-state index is 0.346. The summed E-state index contributed by atoms with van der Waals surface area (Å²) in [5.41, 5.74) is 3.42. The second kappa shape index (κ2) is 7.15. The molecule has 2 aromatic heterocycles. The van der Waals surface area contributed by atoms with Gasteiger partial charge in [0.25, 0.3) is 0 Å². The van der Waals surface area contributed by atoms with Crippen molar-refractivity contribution in [1.82, 2.24) is 14.8 Å². The fraction of sp³-hybridized carbons (Fsp3) is 0.235. The van der Waals surface area contributed by atoms with E-state index in [2.05, 4.69) is 16.1 Å². The van der Waals surface area contributed by atoms with Gasteiger partial charge in [-0.15, -0.1) is 11.3 Å². The van der Waals surface area contributed by atoms with Gasteiger partial charge < -0.3 is 4.74 Å². The normalized spacial score (nSPS) is 10.8. The summed E-state index contributed by atoms with van der Waals surface area (Å²) in [5.74, 6) is -0.363. The highest BCUT2D eigenvalue weighted by Gasteiger charge is 2.11. The zero-order valence-electron chi connectivity index (χ0n) is 13.3. The number of rotatable bonds is 5. The molecular weight excluding hydrogens is 346 g/mol. The maximum Gasteiger partial charge on any atom is 0.341 e. The third kappa shape index (κ3) is 3.83. The van der Waals surface area contributed by atoms with Crippen molar-refractivity contribution in [3.05, 3.63) is 57.1 Å². The number of nitrogens with zero attached hydrogens (tertiary/aromatic N) is 3. The van der Waals surface area contributed by atoms with E-state index in [0.29, 0.717) is 23.7 Å². The van der Waals surface area contributed by atoms with Gasteiger partial charge in [-0.05, 0) is 37.6 Å². The lowest BCUT2D eigenvalue weighted by molar-refractivity contribution is 0.0526. The minimum Gasteiger partial charge on any atom is -0.462 e. The standard InChI is InChI=1S/C17H16ClN3O2S/c1-3-23-17(22)13-7-19-21(8-13)9-16-20-15(10-24-16)12-4-11(2)5-14(18)6-12/h4-8,10H,3,9H2,1-2H3. The summed E-state index contributed by atoms with van der Waals surface area (Å²) in [6.45, 7) is 4.63. The van der Waals surface area contributed by atoms with Crippen LogP contribution in [-0.4, -0.2) is 27.3 Å². The van der Waals surface area contributed by atoms with Gasteiger partial charge in [0.05, 0.1) is 30.6 Å². The van der Waals surface area contributed by atoms with Gasteiger partial charge in [0, 0.05) is 22.2 Å². The summed E-state index contributed by atoms with van der Waals surface area (Å²) in [6.07, 6.45) is 3.18. The predicted octanol–water partition coefficient (Wildman–Crippen LogP) is 4.19. The van der Waals surface area contributed by atoms with Crippen molar-refractivity contribution >= 4 is 28.9 Å². The Kier molecular flexibility index (Phi) is 4.97. The maximum absolute atomic E-state index is 11.7. The van der Waals surface area contributed by atoms with E-state index in [4.69, 9.17) is 16.3 Å². The van der Waals surface area contributed by atoms with Crippen LogP contribution in [0.5, 0.6) is 0 Å². The van der Waals surface area contributed by atoms with Gasteiger partial charge in [-0.25, -0.2) is 9.78 Å². The molecule has 0 atom stereocenters. The van der Waals surface area contributed by atoms with Crippen molar-refractivity contribution in [3.8, 4) is 11.3 Å². The van der Waals surface area contributed by atoms with Gasteiger partial charge in [-0.1, -0.05) is 11.6 Å². The average molecular weight is 362 g/mol. The molecule has 5 nitrogen and oxygen atoms in total. The van der Waals surface area contributed by atoms with Crippen LogP contribution in [0, 0.1) is 6.92 Å². The SMILES string of the molecule is CCOC(=O)c1cnn(Cc2nc(-c3cc(C)cc(Cl)c3)cs2)c1. The molecule has 0 bridgehead atoms. The Morgan fingerprint density at radius 3 is 2.96 bits per heavy atom. The third-order valence-electron chi connectivity index (χ3n) is 3.33. The molecule has 0 amide bonds. The number of aromatic nitrogens is 3. The first-order valence-corrected chi connectivity index (χ1v) is 8.72. The molecule has 0 N–H and O–H groups in total. The summed E-state index contributed by atoms with van der Waals surface area (Å²) in [6, 6.07) is 5.87. The summed E-state index contributed by atoms with van der Waals surface area (Å²) in [4.78, 5) is 16.3. The lowest BCUT2D eigenvalue weighted by Gasteiger charge is -2.01. The van der Waals surface area contributed by atoms with Crippen molar-refractivity contribution in [2.45, 2.75) is 20.4 Å². The van der Waals surface area contributed by atoms with Crippen LogP contribution in [0.2, 0.25) is 5.02 Å². The van der Waals surface area contributed by atoms with Crippen molar-refractivity contribution in [2.24, 2.45) is 0 Å². The van der Waals surface area contributed by atoms with E-state index in [1.807, 2.05) is 24.4 Å². The van der Waals surface area contributed by atoms with E-state index in [0.717, 1.165) is 21.8 Å². The third-order valence-corrected chi connectivity index (χ3v) is 4.38. The Labute approximate surface area is 148 Å². The lowest BCUT2D eigenvalue weighted by Crippen LogP contribution is -2.04. The number of hydrogen-bond acceptors (Lipinski definition) is 5. The van der Waals surface area contributed by atoms with Gasteiger partial charge in [0.1, 0.15) is 5.01 Å². The fourth-order valence-electron chi connectivity index (χ4n) is 2.31. The number of benzene rings is 1. The fourth-order valence-corrected chi connectivity index (χ4v) is 3.39. The van der Waals surface area contributed by atoms with E-state index < -0.39 is 0 Å². The van der Waals surface area contributed by atoms with Crippen LogP contribution in [0.15, 0.2) is 36.0 Å². The quantitative estimate of drug-likeness (QED) is 0.639. The zero-order valence-corrected chi connectivity index (χ0v) is 14.9. The first-order chi connectivity index (χ1) is 11.5. The molecule has 0 aliphatic heterocycles. The highest BCUT2D eigenvalue weighted by molar-refractivity contribution is 7.09. The number of hydrogen-bond donors (Lipinski definition) is 0. The summed E-state index contributed by atoms with van der Waals surface area (Å²) < 4.78 is 6.64. The Balaban J connectivity index is 1.75. The van der Waals surface area contributed by atoms with E-state index in [1.54, 1.807) is 29.1 Å². The highest BCUT2D eigenvalue weighted by Crippen LogP contribution is 2.26. The molecule has 0 saturated heterocycles. The van der Waals surface area contributed by atoms with E-state index >= 15 is 0 Å². The van der Waals surface area contributed by atoms with E-state index in [1.165, 1.54) is 6.20 Å². The number of aryl methyl sites for hydroxylation is 1. The molecule has 2 heterocycles. The second-order valence-corrected chi connectivity index (χ2v) is 6.67. The molecule has 1 aromatic carbocycles. The van der Waals surface area contributed by atoms with Crippen molar-refractivity contribution in [3.63, 3.8) is 0 Å². The van der Waals surface area contributed by atoms with Crippen LogP contribution in [0.4, 0.5) is 0 Å². The molecule has 0 aliphatic rings.